The number of hydrogen-bond donors (Lipinski definition) is 1. The number of ether oxygens (including phenoxy) is 1. The zero-order valence-corrected chi connectivity index (χ0v) is 22.3. The van der Waals surface area contributed by atoms with Crippen molar-refractivity contribution in [3.63, 3.8) is 0 Å². The lowest BCUT2D eigenvalue weighted by Crippen LogP contribution is -2.53. The number of carbonyl (C=O) groups excluding carboxylic acids is 3. The van der Waals surface area contributed by atoms with Crippen LogP contribution in [0.25, 0.3) is 0 Å². The quantitative estimate of drug-likeness (QED) is 0.566. The average molecular weight is 598 g/mol. The molecule has 0 spiro atoms. The van der Waals surface area contributed by atoms with Gasteiger partial charge in [-0.05, 0) is 58.2 Å². The van der Waals surface area contributed by atoms with Crippen molar-refractivity contribution in [1.82, 2.24) is 14.5 Å². The van der Waals surface area contributed by atoms with Crippen LogP contribution in [0.15, 0.2) is 27.6 Å². The second-order valence-electron chi connectivity index (χ2n) is 9.66. The number of benzene rings is 1. The van der Waals surface area contributed by atoms with Crippen molar-refractivity contribution in [2.24, 2.45) is 0 Å². The van der Waals surface area contributed by atoms with Crippen LogP contribution in [0.1, 0.15) is 52.0 Å². The van der Waals surface area contributed by atoms with E-state index in [1.165, 1.54) is 11.0 Å². The summed E-state index contributed by atoms with van der Waals surface area (Å²) < 4.78 is 73.4. The lowest BCUT2D eigenvalue weighted by molar-refractivity contribution is -0.141. The molecule has 0 unspecified atom stereocenters. The Balaban J connectivity index is 1.66. The van der Waals surface area contributed by atoms with Crippen LogP contribution in [0.5, 0.6) is 0 Å². The van der Waals surface area contributed by atoms with Crippen molar-refractivity contribution in [3.8, 4) is 0 Å². The molecule has 36 heavy (non-hydrogen) atoms. The number of sulfonamides is 1. The molecule has 3 rings (SSSR count). The molecule has 2 aliphatic rings. The molecule has 0 aliphatic carbocycles. The van der Waals surface area contributed by atoms with E-state index in [4.69, 9.17) is 4.74 Å². The topological polar surface area (TPSA) is 113 Å². The highest BCUT2D eigenvalue weighted by molar-refractivity contribution is 9.10. The maximum absolute atomic E-state index is 13.4. The minimum atomic E-state index is -4.87. The number of imide groups is 1. The minimum Gasteiger partial charge on any atom is -0.443 e. The molecule has 2 heterocycles. The maximum atomic E-state index is 13.4. The molecule has 2 saturated heterocycles. The average Bonchev–Trinajstić information content (AvgIpc) is 3.13. The van der Waals surface area contributed by atoms with Crippen molar-refractivity contribution >= 4 is 43.9 Å². The molecule has 1 aromatic carbocycles. The number of halogens is 4. The molecular formula is C22H27BrF3N3O6S. The summed E-state index contributed by atoms with van der Waals surface area (Å²) in [7, 11) is -4.50. The summed E-state index contributed by atoms with van der Waals surface area (Å²) in [6.45, 7) is 5.12. The summed E-state index contributed by atoms with van der Waals surface area (Å²) in [5.74, 6) is -0.972. The van der Waals surface area contributed by atoms with Gasteiger partial charge in [-0.15, -0.1) is 0 Å². The van der Waals surface area contributed by atoms with Gasteiger partial charge in [0.05, 0.1) is 10.5 Å². The number of carbonyl (C=O) groups is 3. The second-order valence-corrected chi connectivity index (χ2v) is 12.3. The van der Waals surface area contributed by atoms with Crippen LogP contribution < -0.4 is 4.72 Å². The predicted molar refractivity (Wildman–Crippen MR) is 125 cm³/mol. The fraction of sp³-hybridized carbons (Fsp3) is 0.591. The number of nitrogens with one attached hydrogen (secondary N) is 1. The van der Waals surface area contributed by atoms with Crippen LogP contribution >= 0.6 is 15.9 Å². The van der Waals surface area contributed by atoms with Crippen LogP contribution in [0, 0.1) is 0 Å². The van der Waals surface area contributed by atoms with E-state index in [9.17, 15) is 36.0 Å². The summed E-state index contributed by atoms with van der Waals surface area (Å²) in [4.78, 5) is 39.2. The first-order valence-electron chi connectivity index (χ1n) is 11.2. The minimum absolute atomic E-state index is 0.0145. The summed E-state index contributed by atoms with van der Waals surface area (Å²) in [5, 5.41) is 0. The van der Waals surface area contributed by atoms with E-state index in [1.807, 2.05) is 0 Å². The summed E-state index contributed by atoms with van der Waals surface area (Å²) in [5.41, 5.74) is -2.14. The monoisotopic (exact) mass is 597 g/mol. The molecule has 0 bridgehead atoms. The Kier molecular flexibility index (Phi) is 8.11. The van der Waals surface area contributed by atoms with Crippen molar-refractivity contribution in [2.45, 2.75) is 75.2 Å². The van der Waals surface area contributed by atoms with Gasteiger partial charge in [0.25, 0.3) is 0 Å². The van der Waals surface area contributed by atoms with Gasteiger partial charge < -0.3 is 9.64 Å². The molecule has 3 amide bonds. The fourth-order valence-electron chi connectivity index (χ4n) is 4.13. The third-order valence-corrected chi connectivity index (χ3v) is 7.82. The number of amides is 3. The normalized spacial score (nSPS) is 20.1. The van der Waals surface area contributed by atoms with E-state index in [2.05, 4.69) is 20.7 Å². The third-order valence-electron chi connectivity index (χ3n) is 5.75. The molecule has 2 fully saturated rings. The molecule has 0 radical (unpaired) electrons. The predicted octanol–water partition coefficient (Wildman–Crippen LogP) is 3.66. The molecule has 1 atom stereocenters. The standard InChI is InChI=1S/C22H27BrF3N3O6S/c1-21(2,3)35-20(32)29-16(5-7-18(29)30)19(31)28-10-8-14(9-11-28)27-36(33,34)17-6-4-13(23)12-15(17)22(24,25)26/h4,6,12,14,16,27H,5,7-11H2,1-3H3/t16-/m0/s1. The molecule has 2 aliphatic heterocycles. The molecule has 1 aromatic rings. The van der Waals surface area contributed by atoms with Gasteiger partial charge in [-0.2, -0.15) is 13.2 Å². The lowest BCUT2D eigenvalue weighted by atomic mass is 10.0. The summed E-state index contributed by atoms with van der Waals surface area (Å²) >= 11 is 2.93. The first-order valence-corrected chi connectivity index (χ1v) is 13.5. The Labute approximate surface area is 215 Å². The number of hydrogen-bond acceptors (Lipinski definition) is 6. The number of piperidine rings is 1. The van der Waals surface area contributed by atoms with Gasteiger partial charge in [0.2, 0.25) is 21.8 Å². The van der Waals surface area contributed by atoms with Crippen LogP contribution in [0.2, 0.25) is 0 Å². The Morgan fingerprint density at radius 3 is 2.28 bits per heavy atom. The van der Waals surface area contributed by atoms with Crippen LogP contribution in [-0.4, -0.2) is 66.9 Å². The van der Waals surface area contributed by atoms with Gasteiger partial charge in [-0.3, -0.25) is 9.59 Å². The third kappa shape index (κ3) is 6.57. The van der Waals surface area contributed by atoms with E-state index in [0.29, 0.717) is 6.07 Å². The van der Waals surface area contributed by atoms with Crippen LogP contribution in [0.4, 0.5) is 18.0 Å². The van der Waals surface area contributed by atoms with E-state index < -0.39 is 62.3 Å². The van der Waals surface area contributed by atoms with Gasteiger partial charge in [-0.25, -0.2) is 22.8 Å². The molecule has 14 heteroatoms. The Morgan fingerprint density at radius 2 is 1.72 bits per heavy atom. The molecule has 1 N–H and O–H groups in total. The van der Waals surface area contributed by atoms with Gasteiger partial charge in [0.1, 0.15) is 11.6 Å². The van der Waals surface area contributed by atoms with Crippen LogP contribution in [-0.2, 0) is 30.5 Å². The van der Waals surface area contributed by atoms with Gasteiger partial charge in [0, 0.05) is 30.0 Å². The smallest absolute Gasteiger partial charge is 0.417 e. The highest BCUT2D eigenvalue weighted by Crippen LogP contribution is 2.36. The summed E-state index contributed by atoms with van der Waals surface area (Å²) in [6, 6.07) is 1.09. The fourth-order valence-corrected chi connectivity index (χ4v) is 6.00. The van der Waals surface area contributed by atoms with E-state index >= 15 is 0 Å². The van der Waals surface area contributed by atoms with Gasteiger partial charge in [0.15, 0.2) is 0 Å². The first-order chi connectivity index (χ1) is 16.5. The Hall–Kier alpha value is -2.19. The van der Waals surface area contributed by atoms with E-state index in [-0.39, 0.29) is 43.2 Å². The van der Waals surface area contributed by atoms with E-state index in [0.717, 1.165) is 11.0 Å². The molecular weight excluding hydrogens is 571 g/mol. The van der Waals surface area contributed by atoms with Crippen molar-refractivity contribution in [2.75, 3.05) is 13.1 Å². The zero-order chi connectivity index (χ0) is 27.1. The zero-order valence-electron chi connectivity index (χ0n) is 19.9. The first kappa shape index (κ1) is 28.4. The lowest BCUT2D eigenvalue weighted by Gasteiger charge is -2.35. The van der Waals surface area contributed by atoms with Gasteiger partial charge in [-0.1, -0.05) is 15.9 Å². The number of alkyl halides is 3. The van der Waals surface area contributed by atoms with Crippen molar-refractivity contribution < 1.29 is 40.7 Å². The van der Waals surface area contributed by atoms with E-state index in [1.54, 1.807) is 20.8 Å². The maximum Gasteiger partial charge on any atom is 0.417 e. The number of likely N-dealkylation sites (tertiary alicyclic amines) is 2. The number of rotatable bonds is 4. The Bertz CT molecular complexity index is 1140. The van der Waals surface area contributed by atoms with Crippen LogP contribution in [0.3, 0.4) is 0 Å². The van der Waals surface area contributed by atoms with Gasteiger partial charge >= 0.3 is 12.3 Å². The number of nitrogens with zero attached hydrogens (tertiary/aromatic N) is 2. The second kappa shape index (κ2) is 10.3. The SMILES string of the molecule is CC(C)(C)OC(=O)N1C(=O)CC[C@H]1C(=O)N1CCC(NS(=O)(=O)c2ccc(Br)cc2C(F)(F)F)CC1. The molecule has 0 saturated carbocycles. The highest BCUT2D eigenvalue weighted by Gasteiger charge is 2.44. The molecule has 200 valence electrons. The van der Waals surface area contributed by atoms with Crippen molar-refractivity contribution in [1.29, 1.82) is 0 Å². The Morgan fingerprint density at radius 1 is 1.11 bits per heavy atom. The highest BCUT2D eigenvalue weighted by atomic mass is 79.9. The summed E-state index contributed by atoms with van der Waals surface area (Å²) in [6.07, 6.45) is -5.32. The molecule has 9 nitrogen and oxygen atoms in total. The largest absolute Gasteiger partial charge is 0.443 e. The molecule has 0 aromatic heterocycles. The van der Waals surface area contributed by atoms with Crippen molar-refractivity contribution in [3.05, 3.63) is 28.2 Å².